The molecule has 10 rings (SSSR count). The van der Waals surface area contributed by atoms with Gasteiger partial charge in [-0.1, -0.05) is 175 Å². The zero-order chi connectivity index (χ0) is 42.0. The van der Waals surface area contributed by atoms with Gasteiger partial charge in [-0.05, 0) is 99.7 Å². The second-order valence-electron chi connectivity index (χ2n) is 19.6. The zero-order valence-electron chi connectivity index (χ0n) is 36.3. The number of benzene rings is 7. The van der Waals surface area contributed by atoms with Gasteiger partial charge in [0.05, 0.1) is 22.1 Å². The molecule has 5 heteroatoms. The zero-order valence-corrected chi connectivity index (χ0v) is 37.3. The molecular weight excluding hydrogens is 759 g/mol. The van der Waals surface area contributed by atoms with Crippen LogP contribution in [-0.4, -0.2) is 22.0 Å². The van der Waals surface area contributed by atoms with Crippen molar-refractivity contribution in [2.24, 2.45) is 10.8 Å². The van der Waals surface area contributed by atoms with Gasteiger partial charge in [-0.3, -0.25) is 8.97 Å². The van der Waals surface area contributed by atoms with Gasteiger partial charge in [0.1, 0.15) is 11.5 Å². The second kappa shape index (κ2) is 14.8. The molecule has 0 amide bonds. The minimum atomic E-state index is -3.16. The van der Waals surface area contributed by atoms with Crippen LogP contribution in [0, 0.1) is 10.8 Å². The Labute approximate surface area is 361 Å². The summed E-state index contributed by atoms with van der Waals surface area (Å²) in [5.41, 5.74) is 8.18. The van der Waals surface area contributed by atoms with Crippen LogP contribution in [0.1, 0.15) is 78.4 Å². The number of ether oxygens (including phenoxy) is 1. The highest BCUT2D eigenvalue weighted by atomic mass is 28.3. The summed E-state index contributed by atoms with van der Waals surface area (Å²) in [5, 5.41) is 5.20. The molecule has 7 aromatic carbocycles. The topological polar surface area (TPSA) is 31.5 Å². The lowest BCUT2D eigenvalue weighted by Gasteiger charge is -2.45. The standard InChI is InChI=1S/C56H55N3OSi/c1-54(2,3)35-37-56(38-36-55(4,5)6)44-27-13-18-33-50(44)60-52-45(56)28-20-34-51(52)61(41-22-9-7-10-23-41,42-24-11-8-12-25-42)43-26-19-21-40(39-43)58-48-31-16-17-32-49(48)59-47-30-15-14-29-46(47)57-53(58)59/h7-34,39H,35-38H2,1-6H3. The Morgan fingerprint density at radius 2 is 1.07 bits per heavy atom. The molecule has 1 aliphatic heterocycles. The first-order valence-corrected chi connectivity index (χ1v) is 24.0. The summed E-state index contributed by atoms with van der Waals surface area (Å²) in [6, 6.07) is 65.1. The van der Waals surface area contributed by atoms with Crippen molar-refractivity contribution in [2.75, 3.05) is 0 Å². The van der Waals surface area contributed by atoms with E-state index in [1.54, 1.807) is 0 Å². The van der Waals surface area contributed by atoms with Crippen LogP contribution in [0.15, 0.2) is 176 Å². The molecular formula is C56H55N3OSi. The summed E-state index contributed by atoms with van der Waals surface area (Å²) in [5.74, 6) is 2.92. The van der Waals surface area contributed by atoms with E-state index in [0.29, 0.717) is 0 Å². The van der Waals surface area contributed by atoms with Crippen LogP contribution in [0.4, 0.5) is 0 Å². The largest absolute Gasteiger partial charge is 0.457 e. The van der Waals surface area contributed by atoms with Gasteiger partial charge in [0.15, 0.2) is 8.07 Å². The molecule has 0 N–H and O–H groups in total. The van der Waals surface area contributed by atoms with Crippen molar-refractivity contribution in [3.63, 3.8) is 0 Å². The van der Waals surface area contributed by atoms with E-state index in [9.17, 15) is 0 Å². The van der Waals surface area contributed by atoms with Crippen molar-refractivity contribution < 1.29 is 4.74 Å². The smallest absolute Gasteiger partial charge is 0.220 e. The maximum absolute atomic E-state index is 7.47. The molecule has 0 spiro atoms. The van der Waals surface area contributed by atoms with E-state index in [-0.39, 0.29) is 16.2 Å². The molecule has 304 valence electrons. The Morgan fingerprint density at radius 3 is 1.74 bits per heavy atom. The lowest BCUT2D eigenvalue weighted by molar-refractivity contribution is 0.253. The Bertz CT molecular complexity index is 2980. The summed E-state index contributed by atoms with van der Waals surface area (Å²) >= 11 is 0. The molecule has 0 saturated carbocycles. The molecule has 4 nitrogen and oxygen atoms in total. The fourth-order valence-electron chi connectivity index (χ4n) is 10.2. The van der Waals surface area contributed by atoms with Gasteiger partial charge in [0.2, 0.25) is 5.78 Å². The van der Waals surface area contributed by atoms with Gasteiger partial charge in [-0.2, -0.15) is 0 Å². The molecule has 0 unspecified atom stereocenters. The minimum Gasteiger partial charge on any atom is -0.457 e. The number of hydrogen-bond donors (Lipinski definition) is 0. The highest BCUT2D eigenvalue weighted by Gasteiger charge is 2.49. The maximum atomic E-state index is 7.47. The fourth-order valence-corrected chi connectivity index (χ4v) is 15.1. The van der Waals surface area contributed by atoms with Crippen LogP contribution in [0.2, 0.25) is 0 Å². The summed E-state index contributed by atoms with van der Waals surface area (Å²) in [6.45, 7) is 14.3. The quantitative estimate of drug-likeness (QED) is 0.107. The summed E-state index contributed by atoms with van der Waals surface area (Å²) < 4.78 is 12.1. The third-order valence-corrected chi connectivity index (χ3v) is 18.0. The van der Waals surface area contributed by atoms with Crippen LogP contribution in [0.3, 0.4) is 0 Å². The number of nitrogens with zero attached hydrogens (tertiary/aromatic N) is 3. The first kappa shape index (κ1) is 39.0. The van der Waals surface area contributed by atoms with E-state index in [2.05, 4.69) is 226 Å². The lowest BCUT2D eigenvalue weighted by Crippen LogP contribution is -2.75. The number of para-hydroxylation sites is 6. The monoisotopic (exact) mass is 813 g/mol. The van der Waals surface area contributed by atoms with E-state index in [1.807, 2.05) is 0 Å². The van der Waals surface area contributed by atoms with E-state index in [4.69, 9.17) is 9.72 Å². The second-order valence-corrected chi connectivity index (χ2v) is 23.3. The van der Waals surface area contributed by atoms with E-state index < -0.39 is 8.07 Å². The van der Waals surface area contributed by atoms with Gasteiger partial charge >= 0.3 is 0 Å². The summed E-state index contributed by atoms with van der Waals surface area (Å²) in [4.78, 5) is 5.28. The number of hydrogen-bond acceptors (Lipinski definition) is 2. The van der Waals surface area contributed by atoms with Crippen molar-refractivity contribution in [1.29, 1.82) is 0 Å². The van der Waals surface area contributed by atoms with Crippen LogP contribution >= 0.6 is 0 Å². The first-order valence-electron chi connectivity index (χ1n) is 22.0. The molecule has 9 aromatic rings. The first-order chi connectivity index (χ1) is 29.5. The normalized spacial score (nSPS) is 13.9. The van der Waals surface area contributed by atoms with Crippen molar-refractivity contribution in [3.05, 3.63) is 187 Å². The molecule has 0 atom stereocenters. The third-order valence-electron chi connectivity index (χ3n) is 13.2. The Morgan fingerprint density at radius 1 is 0.525 bits per heavy atom. The van der Waals surface area contributed by atoms with E-state index in [1.165, 1.54) is 31.9 Å². The van der Waals surface area contributed by atoms with Gasteiger partial charge in [-0.15, -0.1) is 0 Å². The van der Waals surface area contributed by atoms with Crippen molar-refractivity contribution in [1.82, 2.24) is 14.0 Å². The number of imidazole rings is 2. The molecule has 3 heterocycles. The SMILES string of the molecule is CC(C)(C)CCC1(CCC(C)(C)C)c2ccccc2Oc2c1cccc2[Si](c1ccccc1)(c1ccccc1)c1cccc(-n2c3ccccc3n3c4ccccc4nc23)c1. The molecule has 2 aromatic heterocycles. The maximum Gasteiger partial charge on any atom is 0.220 e. The van der Waals surface area contributed by atoms with Crippen molar-refractivity contribution in [3.8, 4) is 17.2 Å². The average molecular weight is 814 g/mol. The minimum absolute atomic E-state index is 0.168. The Hall–Kier alpha value is -6.17. The number of rotatable bonds is 9. The molecule has 1 aliphatic rings. The predicted octanol–water partition coefficient (Wildman–Crippen LogP) is 11.9. The van der Waals surface area contributed by atoms with Gasteiger partial charge < -0.3 is 4.74 Å². The number of fused-ring (bicyclic) bond motifs is 7. The molecule has 61 heavy (non-hydrogen) atoms. The fraction of sp³-hybridized carbons (Fsp3) is 0.232. The van der Waals surface area contributed by atoms with Gasteiger partial charge in [-0.25, -0.2) is 4.98 Å². The molecule has 0 radical (unpaired) electrons. The van der Waals surface area contributed by atoms with Crippen LogP contribution in [0.25, 0.3) is 33.5 Å². The van der Waals surface area contributed by atoms with Crippen LogP contribution in [-0.2, 0) is 5.41 Å². The number of aromatic nitrogens is 3. The van der Waals surface area contributed by atoms with Gasteiger partial charge in [0.25, 0.3) is 0 Å². The van der Waals surface area contributed by atoms with E-state index in [0.717, 1.165) is 70.7 Å². The van der Waals surface area contributed by atoms with E-state index >= 15 is 0 Å². The third kappa shape index (κ3) is 6.53. The Kier molecular flexibility index (Phi) is 9.45. The Balaban J connectivity index is 1.29. The van der Waals surface area contributed by atoms with Crippen molar-refractivity contribution >= 4 is 56.7 Å². The van der Waals surface area contributed by atoms with Crippen LogP contribution < -0.4 is 25.5 Å². The summed E-state index contributed by atoms with van der Waals surface area (Å²) in [6.07, 6.45) is 4.28. The van der Waals surface area contributed by atoms with Crippen LogP contribution in [0.5, 0.6) is 11.5 Å². The highest BCUT2D eigenvalue weighted by molar-refractivity contribution is 7.20. The lowest BCUT2D eigenvalue weighted by atomic mass is 9.63. The highest BCUT2D eigenvalue weighted by Crippen LogP contribution is 2.54. The molecule has 0 fully saturated rings. The van der Waals surface area contributed by atoms with Gasteiger partial charge in [0, 0.05) is 22.2 Å². The molecule has 0 saturated heterocycles. The molecule has 0 aliphatic carbocycles. The van der Waals surface area contributed by atoms with Crippen molar-refractivity contribution in [2.45, 2.75) is 72.6 Å². The summed E-state index contributed by atoms with van der Waals surface area (Å²) in [7, 11) is -3.16. The molecule has 0 bridgehead atoms. The predicted molar refractivity (Wildman–Crippen MR) is 258 cm³/mol. The average Bonchev–Trinajstić information content (AvgIpc) is 3.80.